The SMILES string of the molecule is CC1CC(N)CCN1S(=O)(=O)c1ccccc1[N+](=O)[O-]. The average Bonchev–Trinajstić information content (AvgIpc) is 2.38. The van der Waals surface area contributed by atoms with Gasteiger partial charge in [0.2, 0.25) is 10.0 Å². The highest BCUT2D eigenvalue weighted by molar-refractivity contribution is 7.89. The van der Waals surface area contributed by atoms with E-state index in [2.05, 4.69) is 0 Å². The molecule has 1 fully saturated rings. The molecule has 2 N–H and O–H groups in total. The quantitative estimate of drug-likeness (QED) is 0.664. The molecule has 110 valence electrons. The van der Waals surface area contributed by atoms with Gasteiger partial charge in [-0.05, 0) is 25.8 Å². The van der Waals surface area contributed by atoms with E-state index in [1.807, 2.05) is 0 Å². The minimum Gasteiger partial charge on any atom is -0.328 e. The van der Waals surface area contributed by atoms with Crippen LogP contribution in [0.4, 0.5) is 5.69 Å². The third-order valence-corrected chi connectivity index (χ3v) is 5.57. The molecule has 1 aromatic carbocycles. The molecule has 0 spiro atoms. The molecule has 0 aliphatic carbocycles. The molecule has 1 saturated heterocycles. The maximum atomic E-state index is 12.6. The van der Waals surface area contributed by atoms with E-state index in [1.54, 1.807) is 6.92 Å². The summed E-state index contributed by atoms with van der Waals surface area (Å²) in [6.45, 7) is 2.06. The molecular weight excluding hydrogens is 282 g/mol. The van der Waals surface area contributed by atoms with E-state index in [0.717, 1.165) is 0 Å². The van der Waals surface area contributed by atoms with Gasteiger partial charge < -0.3 is 5.73 Å². The Hall–Kier alpha value is -1.51. The lowest BCUT2D eigenvalue weighted by molar-refractivity contribution is -0.387. The van der Waals surface area contributed by atoms with Gasteiger partial charge in [-0.1, -0.05) is 12.1 Å². The Balaban J connectivity index is 2.43. The number of nitrogens with two attached hydrogens (primary N) is 1. The van der Waals surface area contributed by atoms with E-state index >= 15 is 0 Å². The van der Waals surface area contributed by atoms with Crippen molar-refractivity contribution in [1.82, 2.24) is 4.31 Å². The number of nitrogens with zero attached hydrogens (tertiary/aromatic N) is 2. The van der Waals surface area contributed by atoms with Gasteiger partial charge in [0.1, 0.15) is 0 Å². The van der Waals surface area contributed by atoms with Gasteiger partial charge in [0, 0.05) is 24.7 Å². The van der Waals surface area contributed by atoms with Crippen molar-refractivity contribution in [2.75, 3.05) is 6.54 Å². The van der Waals surface area contributed by atoms with Crippen LogP contribution in [0.25, 0.3) is 0 Å². The van der Waals surface area contributed by atoms with Gasteiger partial charge in [0.15, 0.2) is 4.90 Å². The summed E-state index contributed by atoms with van der Waals surface area (Å²) >= 11 is 0. The molecule has 1 heterocycles. The topological polar surface area (TPSA) is 107 Å². The highest BCUT2D eigenvalue weighted by atomic mass is 32.2. The van der Waals surface area contributed by atoms with Gasteiger partial charge in [-0.25, -0.2) is 8.42 Å². The third-order valence-electron chi connectivity index (χ3n) is 3.50. The highest BCUT2D eigenvalue weighted by Gasteiger charge is 2.36. The molecule has 0 saturated carbocycles. The van der Waals surface area contributed by atoms with Gasteiger partial charge in [-0.3, -0.25) is 10.1 Å². The first kappa shape index (κ1) is 14.9. The Bertz CT molecular complexity index is 617. The summed E-state index contributed by atoms with van der Waals surface area (Å²) in [5.74, 6) is 0. The number of para-hydroxylation sites is 1. The van der Waals surface area contributed by atoms with E-state index in [9.17, 15) is 18.5 Å². The molecule has 0 radical (unpaired) electrons. The largest absolute Gasteiger partial charge is 0.328 e. The molecule has 1 aromatic rings. The minimum atomic E-state index is -3.87. The summed E-state index contributed by atoms with van der Waals surface area (Å²) in [5.41, 5.74) is 5.42. The molecule has 2 atom stereocenters. The second-order valence-electron chi connectivity index (χ2n) is 4.97. The second kappa shape index (κ2) is 5.47. The molecule has 7 nitrogen and oxygen atoms in total. The summed E-state index contributed by atoms with van der Waals surface area (Å²) in [6.07, 6.45) is 1.12. The fourth-order valence-corrected chi connectivity index (χ4v) is 4.31. The molecule has 2 rings (SSSR count). The number of benzene rings is 1. The average molecular weight is 299 g/mol. The van der Waals surface area contributed by atoms with Crippen molar-refractivity contribution in [3.05, 3.63) is 34.4 Å². The van der Waals surface area contributed by atoms with Crippen LogP contribution < -0.4 is 5.73 Å². The normalized spacial score (nSPS) is 24.5. The first-order valence-corrected chi connectivity index (χ1v) is 7.79. The number of nitro benzene ring substituents is 1. The van der Waals surface area contributed by atoms with Crippen LogP contribution in [0.5, 0.6) is 0 Å². The van der Waals surface area contributed by atoms with Gasteiger partial charge in [-0.15, -0.1) is 0 Å². The Labute approximate surface area is 117 Å². The van der Waals surface area contributed by atoms with E-state index in [1.165, 1.54) is 28.6 Å². The van der Waals surface area contributed by atoms with Crippen LogP contribution >= 0.6 is 0 Å². The maximum absolute atomic E-state index is 12.6. The predicted molar refractivity (Wildman–Crippen MR) is 73.7 cm³/mol. The van der Waals surface area contributed by atoms with Crippen molar-refractivity contribution >= 4 is 15.7 Å². The first-order valence-electron chi connectivity index (χ1n) is 6.35. The minimum absolute atomic E-state index is 0.0257. The first-order chi connectivity index (χ1) is 9.34. The van der Waals surface area contributed by atoms with Gasteiger partial charge in [0.05, 0.1) is 4.92 Å². The second-order valence-corrected chi connectivity index (χ2v) is 6.83. The number of piperidine rings is 1. The van der Waals surface area contributed by atoms with E-state index in [-0.39, 0.29) is 23.5 Å². The molecule has 0 bridgehead atoms. The molecule has 8 heteroatoms. The van der Waals surface area contributed by atoms with Gasteiger partial charge in [-0.2, -0.15) is 4.31 Å². The number of rotatable bonds is 3. The molecule has 20 heavy (non-hydrogen) atoms. The zero-order valence-electron chi connectivity index (χ0n) is 11.1. The van der Waals surface area contributed by atoms with E-state index in [0.29, 0.717) is 12.8 Å². The van der Waals surface area contributed by atoms with Crippen molar-refractivity contribution < 1.29 is 13.3 Å². The lowest BCUT2D eigenvalue weighted by Crippen LogP contribution is -2.48. The number of hydrogen-bond donors (Lipinski definition) is 1. The third kappa shape index (κ3) is 2.67. The van der Waals surface area contributed by atoms with Crippen LogP contribution in [0.2, 0.25) is 0 Å². The molecule has 0 amide bonds. The van der Waals surface area contributed by atoms with Crippen LogP contribution in [0.1, 0.15) is 19.8 Å². The highest BCUT2D eigenvalue weighted by Crippen LogP contribution is 2.30. The Kier molecular flexibility index (Phi) is 4.07. The Morgan fingerprint density at radius 3 is 2.65 bits per heavy atom. The van der Waals surface area contributed by atoms with Crippen LogP contribution in [0.15, 0.2) is 29.2 Å². The fourth-order valence-electron chi connectivity index (χ4n) is 2.50. The zero-order valence-corrected chi connectivity index (χ0v) is 11.9. The molecule has 1 aliphatic heterocycles. The number of hydrogen-bond acceptors (Lipinski definition) is 5. The predicted octanol–water partition coefficient (Wildman–Crippen LogP) is 1.10. The standard InChI is InChI=1S/C12H17N3O4S/c1-9-8-10(13)6-7-14(9)20(18,19)12-5-3-2-4-11(12)15(16)17/h2-5,9-10H,6-8,13H2,1H3. The molecular formula is C12H17N3O4S. The van der Waals surface area contributed by atoms with E-state index in [4.69, 9.17) is 5.73 Å². The van der Waals surface area contributed by atoms with Crippen LogP contribution in [0.3, 0.4) is 0 Å². The van der Waals surface area contributed by atoms with Crippen LogP contribution in [-0.4, -0.2) is 36.3 Å². The molecule has 1 aliphatic rings. The Morgan fingerprint density at radius 2 is 2.05 bits per heavy atom. The maximum Gasteiger partial charge on any atom is 0.289 e. The van der Waals surface area contributed by atoms with Crippen molar-refractivity contribution in [3.63, 3.8) is 0 Å². The van der Waals surface area contributed by atoms with Crippen LogP contribution in [0, 0.1) is 10.1 Å². The summed E-state index contributed by atoms with van der Waals surface area (Å²) in [6, 6.07) is 5.13. The number of nitro groups is 1. The van der Waals surface area contributed by atoms with Crippen LogP contribution in [-0.2, 0) is 10.0 Å². The van der Waals surface area contributed by atoms with Gasteiger partial charge >= 0.3 is 0 Å². The summed E-state index contributed by atoms with van der Waals surface area (Å²) < 4.78 is 26.5. The van der Waals surface area contributed by atoms with Crippen molar-refractivity contribution in [3.8, 4) is 0 Å². The molecule has 0 aromatic heterocycles. The fraction of sp³-hybridized carbons (Fsp3) is 0.500. The monoisotopic (exact) mass is 299 g/mol. The zero-order chi connectivity index (χ0) is 14.9. The lowest BCUT2D eigenvalue weighted by atomic mass is 10.0. The van der Waals surface area contributed by atoms with Crippen molar-refractivity contribution in [2.45, 2.75) is 36.7 Å². The van der Waals surface area contributed by atoms with E-state index < -0.39 is 20.6 Å². The summed E-state index contributed by atoms with van der Waals surface area (Å²) in [7, 11) is -3.87. The Morgan fingerprint density at radius 1 is 1.40 bits per heavy atom. The smallest absolute Gasteiger partial charge is 0.289 e. The van der Waals surface area contributed by atoms with Crippen molar-refractivity contribution in [2.24, 2.45) is 5.73 Å². The summed E-state index contributed by atoms with van der Waals surface area (Å²) in [5, 5.41) is 11.0. The van der Waals surface area contributed by atoms with Gasteiger partial charge in [0.25, 0.3) is 5.69 Å². The van der Waals surface area contributed by atoms with Crippen molar-refractivity contribution in [1.29, 1.82) is 0 Å². The summed E-state index contributed by atoms with van der Waals surface area (Å²) in [4.78, 5) is 10.1. The number of sulfonamides is 1. The molecule has 2 unspecified atom stereocenters. The lowest BCUT2D eigenvalue weighted by Gasteiger charge is -2.35.